The van der Waals surface area contributed by atoms with E-state index in [0.717, 1.165) is 63.1 Å². The average molecular weight is 353 g/mol. The molecule has 2 saturated heterocycles. The number of hydrogen-bond donors (Lipinski definition) is 0. The number of nitrogens with zero attached hydrogens (tertiary/aromatic N) is 5. The molecule has 6 heteroatoms. The van der Waals surface area contributed by atoms with E-state index in [9.17, 15) is 4.79 Å². The van der Waals surface area contributed by atoms with Crippen LogP contribution >= 0.6 is 0 Å². The van der Waals surface area contributed by atoms with Gasteiger partial charge >= 0.3 is 0 Å². The van der Waals surface area contributed by atoms with Crippen molar-refractivity contribution < 1.29 is 4.79 Å². The lowest BCUT2D eigenvalue weighted by molar-refractivity contribution is -0.130. The Morgan fingerprint density at radius 3 is 2.85 bits per heavy atom. The molecule has 26 heavy (non-hydrogen) atoms. The molecule has 138 valence electrons. The average Bonchev–Trinajstić information content (AvgIpc) is 2.68. The molecule has 2 fully saturated rings. The van der Waals surface area contributed by atoms with Crippen LogP contribution < -0.4 is 4.90 Å². The minimum atomic E-state index is 0.222. The summed E-state index contributed by atoms with van der Waals surface area (Å²) < 4.78 is 0. The van der Waals surface area contributed by atoms with Gasteiger partial charge in [0.05, 0.1) is 5.52 Å². The number of carbonyl (C=O) groups is 1. The molecule has 4 rings (SSSR count). The molecule has 1 atom stereocenters. The molecule has 0 bridgehead atoms. The Kier molecular flexibility index (Phi) is 5.02. The number of aromatic nitrogens is 2. The molecule has 2 aliphatic heterocycles. The van der Waals surface area contributed by atoms with Gasteiger partial charge in [-0.25, -0.2) is 9.97 Å². The molecule has 1 aromatic heterocycles. The first kappa shape index (κ1) is 17.2. The van der Waals surface area contributed by atoms with Gasteiger partial charge in [-0.15, -0.1) is 0 Å². The normalized spacial score (nSPS) is 22.0. The Morgan fingerprint density at radius 2 is 2.04 bits per heavy atom. The van der Waals surface area contributed by atoms with E-state index in [4.69, 9.17) is 0 Å². The largest absolute Gasteiger partial charge is 0.369 e. The number of fused-ring (bicyclic) bond motifs is 1. The molecule has 0 saturated carbocycles. The summed E-state index contributed by atoms with van der Waals surface area (Å²) in [7, 11) is 0. The zero-order valence-corrected chi connectivity index (χ0v) is 15.5. The van der Waals surface area contributed by atoms with Crippen molar-refractivity contribution in [3.05, 3.63) is 30.7 Å². The molecular weight excluding hydrogens is 326 g/mol. The van der Waals surface area contributed by atoms with Crippen LogP contribution in [0.5, 0.6) is 0 Å². The monoisotopic (exact) mass is 353 g/mol. The lowest BCUT2D eigenvalue weighted by Crippen LogP contribution is -2.50. The number of piperidine rings is 1. The first-order chi connectivity index (χ1) is 12.7. The fraction of sp³-hybridized carbons (Fsp3) is 0.550. The number of rotatable bonds is 3. The van der Waals surface area contributed by atoms with Gasteiger partial charge in [-0.1, -0.05) is 0 Å². The second-order valence-corrected chi connectivity index (χ2v) is 7.53. The van der Waals surface area contributed by atoms with Crippen LogP contribution in [0.3, 0.4) is 0 Å². The number of likely N-dealkylation sites (tertiary alicyclic amines) is 1. The van der Waals surface area contributed by atoms with Crippen molar-refractivity contribution in [3.63, 3.8) is 0 Å². The van der Waals surface area contributed by atoms with Crippen molar-refractivity contribution in [1.29, 1.82) is 0 Å². The predicted octanol–water partition coefficient (Wildman–Crippen LogP) is 2.01. The van der Waals surface area contributed by atoms with E-state index in [-0.39, 0.29) is 5.91 Å². The molecule has 1 aromatic carbocycles. The quantitative estimate of drug-likeness (QED) is 0.845. The highest BCUT2D eigenvalue weighted by atomic mass is 16.2. The molecule has 6 nitrogen and oxygen atoms in total. The molecule has 2 aromatic rings. The van der Waals surface area contributed by atoms with Gasteiger partial charge in [0.1, 0.15) is 6.33 Å². The highest BCUT2D eigenvalue weighted by Crippen LogP contribution is 2.23. The number of hydrogen-bond acceptors (Lipinski definition) is 5. The van der Waals surface area contributed by atoms with Gasteiger partial charge in [0.25, 0.3) is 0 Å². The third-order valence-corrected chi connectivity index (χ3v) is 5.71. The SMILES string of the molecule is CC(=O)N1CCCC(CN2CCN(c3ccc4ncncc4c3)CC2)C1. The maximum absolute atomic E-state index is 11.6. The van der Waals surface area contributed by atoms with Crippen molar-refractivity contribution in [2.75, 3.05) is 50.7 Å². The van der Waals surface area contributed by atoms with Crippen LogP contribution in [0.15, 0.2) is 30.7 Å². The summed E-state index contributed by atoms with van der Waals surface area (Å²) >= 11 is 0. The summed E-state index contributed by atoms with van der Waals surface area (Å²) in [6, 6.07) is 6.44. The van der Waals surface area contributed by atoms with Gasteiger partial charge in [-0.05, 0) is 37.0 Å². The standard InChI is InChI=1S/C20H27N5O/c1-16(26)25-6-2-3-17(14-25)13-23-7-9-24(10-8-23)19-4-5-20-18(11-19)12-21-15-22-20/h4-5,11-12,15,17H,2-3,6-10,13-14H2,1H3. The van der Waals surface area contributed by atoms with Crippen LogP contribution in [0.1, 0.15) is 19.8 Å². The first-order valence-electron chi connectivity index (χ1n) is 9.61. The Balaban J connectivity index is 1.32. The van der Waals surface area contributed by atoms with Crippen molar-refractivity contribution in [2.24, 2.45) is 5.92 Å². The second-order valence-electron chi connectivity index (χ2n) is 7.53. The van der Waals surface area contributed by atoms with Crippen LogP contribution in [0.4, 0.5) is 5.69 Å². The van der Waals surface area contributed by atoms with Crippen LogP contribution in [-0.2, 0) is 4.79 Å². The number of anilines is 1. The summed E-state index contributed by atoms with van der Waals surface area (Å²) in [5.41, 5.74) is 2.25. The maximum Gasteiger partial charge on any atom is 0.219 e. The molecule has 1 amide bonds. The minimum Gasteiger partial charge on any atom is -0.369 e. The number of benzene rings is 1. The van der Waals surface area contributed by atoms with E-state index < -0.39 is 0 Å². The van der Waals surface area contributed by atoms with Gasteiger partial charge in [0.2, 0.25) is 5.91 Å². The Bertz CT molecular complexity index is 772. The second kappa shape index (κ2) is 7.58. The Labute approximate surface area is 154 Å². The predicted molar refractivity (Wildman–Crippen MR) is 103 cm³/mol. The van der Waals surface area contributed by atoms with Crippen LogP contribution in [0.2, 0.25) is 0 Å². The van der Waals surface area contributed by atoms with E-state index in [2.05, 4.69) is 38.0 Å². The van der Waals surface area contributed by atoms with Crippen molar-refractivity contribution in [1.82, 2.24) is 19.8 Å². The van der Waals surface area contributed by atoms with Crippen molar-refractivity contribution in [3.8, 4) is 0 Å². The third kappa shape index (κ3) is 3.80. The van der Waals surface area contributed by atoms with E-state index in [1.807, 2.05) is 11.1 Å². The number of piperazine rings is 1. The van der Waals surface area contributed by atoms with Crippen molar-refractivity contribution in [2.45, 2.75) is 19.8 Å². The molecular formula is C20H27N5O. The summed E-state index contributed by atoms with van der Waals surface area (Å²) in [5, 5.41) is 1.10. The maximum atomic E-state index is 11.6. The highest BCUT2D eigenvalue weighted by Gasteiger charge is 2.25. The lowest BCUT2D eigenvalue weighted by Gasteiger charge is -2.40. The topological polar surface area (TPSA) is 52.6 Å². The zero-order valence-electron chi connectivity index (χ0n) is 15.5. The zero-order chi connectivity index (χ0) is 17.9. The van der Waals surface area contributed by atoms with E-state index in [0.29, 0.717) is 5.92 Å². The van der Waals surface area contributed by atoms with E-state index >= 15 is 0 Å². The van der Waals surface area contributed by atoms with Gasteiger partial charge in [0.15, 0.2) is 0 Å². The van der Waals surface area contributed by atoms with Gasteiger partial charge in [-0.2, -0.15) is 0 Å². The summed E-state index contributed by atoms with van der Waals surface area (Å²) in [6.45, 7) is 8.93. The molecule has 0 aliphatic carbocycles. The van der Waals surface area contributed by atoms with E-state index in [1.54, 1.807) is 13.3 Å². The summed E-state index contributed by atoms with van der Waals surface area (Å²) in [6.07, 6.45) is 5.86. The van der Waals surface area contributed by atoms with Crippen LogP contribution in [0, 0.1) is 5.92 Å². The van der Waals surface area contributed by atoms with Gasteiger partial charge in [0, 0.05) is 70.0 Å². The van der Waals surface area contributed by atoms with E-state index in [1.165, 1.54) is 12.1 Å². The molecule has 0 radical (unpaired) electrons. The van der Waals surface area contributed by atoms with Crippen molar-refractivity contribution >= 4 is 22.5 Å². The lowest BCUT2D eigenvalue weighted by atomic mass is 9.97. The van der Waals surface area contributed by atoms with Crippen LogP contribution in [0.25, 0.3) is 10.9 Å². The molecule has 3 heterocycles. The highest BCUT2D eigenvalue weighted by molar-refractivity contribution is 5.81. The smallest absolute Gasteiger partial charge is 0.219 e. The minimum absolute atomic E-state index is 0.222. The Morgan fingerprint density at radius 1 is 1.19 bits per heavy atom. The molecule has 0 N–H and O–H groups in total. The fourth-order valence-electron chi connectivity index (χ4n) is 4.22. The molecule has 2 aliphatic rings. The number of amides is 1. The number of carbonyl (C=O) groups excluding carboxylic acids is 1. The summed E-state index contributed by atoms with van der Waals surface area (Å²) in [5.74, 6) is 0.844. The molecule has 1 unspecified atom stereocenters. The third-order valence-electron chi connectivity index (χ3n) is 5.71. The van der Waals surface area contributed by atoms with Gasteiger partial charge < -0.3 is 9.80 Å². The fourth-order valence-corrected chi connectivity index (χ4v) is 4.22. The van der Waals surface area contributed by atoms with Gasteiger partial charge in [-0.3, -0.25) is 9.69 Å². The first-order valence-corrected chi connectivity index (χ1v) is 9.61. The van der Waals surface area contributed by atoms with Crippen LogP contribution in [-0.4, -0.2) is 71.5 Å². The Hall–Kier alpha value is -2.21. The summed E-state index contributed by atoms with van der Waals surface area (Å²) in [4.78, 5) is 27.1. The molecule has 0 spiro atoms.